The topological polar surface area (TPSA) is 90.9 Å². The van der Waals surface area contributed by atoms with Crippen LogP contribution in [0.5, 0.6) is 0 Å². The minimum atomic E-state index is -1.02. The zero-order valence-corrected chi connectivity index (χ0v) is 14.0. The maximum atomic E-state index is 12.1. The number of hydrogen-bond donors (Lipinski definition) is 3. The average molecular weight is 335 g/mol. The summed E-state index contributed by atoms with van der Waals surface area (Å²) in [6.45, 7) is 6.33. The third kappa shape index (κ3) is 6.27. The van der Waals surface area contributed by atoms with E-state index in [0.717, 1.165) is 25.2 Å². The van der Waals surface area contributed by atoms with Crippen molar-refractivity contribution in [1.82, 2.24) is 10.2 Å². The lowest BCUT2D eigenvalue weighted by Gasteiger charge is -2.27. The summed E-state index contributed by atoms with van der Waals surface area (Å²) < 4.78 is 5.27. The van der Waals surface area contributed by atoms with Gasteiger partial charge in [-0.2, -0.15) is 0 Å². The number of morpholine rings is 1. The Morgan fingerprint density at radius 3 is 2.75 bits per heavy atom. The van der Waals surface area contributed by atoms with E-state index in [9.17, 15) is 14.7 Å². The molecule has 0 bridgehead atoms. The number of nitrogens with zero attached hydrogens (tertiary/aromatic N) is 1. The van der Waals surface area contributed by atoms with Crippen LogP contribution in [0.4, 0.5) is 5.69 Å². The summed E-state index contributed by atoms with van der Waals surface area (Å²) in [5.74, 6) is -1.33. The van der Waals surface area contributed by atoms with E-state index in [1.807, 2.05) is 25.1 Å². The van der Waals surface area contributed by atoms with Crippen LogP contribution in [0.1, 0.15) is 12.0 Å². The average Bonchev–Trinajstić information content (AvgIpc) is 2.54. The molecule has 1 saturated heterocycles. The standard InChI is InChI=1S/C17H25N3O4/c1-13-3-2-4-14(11-13)19-16(21)12-15(17(22)23)18-5-6-20-7-9-24-10-8-20/h2-4,11,15,18H,5-10,12H2,1H3,(H,19,21)(H,22,23). The second kappa shape index (κ2) is 9.36. The number of aliphatic carboxylic acids is 1. The van der Waals surface area contributed by atoms with Gasteiger partial charge in [-0.1, -0.05) is 12.1 Å². The monoisotopic (exact) mass is 335 g/mol. The molecule has 2 rings (SSSR count). The van der Waals surface area contributed by atoms with Gasteiger partial charge >= 0.3 is 5.97 Å². The maximum absolute atomic E-state index is 12.1. The molecule has 0 aromatic heterocycles. The first-order valence-corrected chi connectivity index (χ1v) is 8.17. The first-order chi connectivity index (χ1) is 11.5. The number of hydrogen-bond acceptors (Lipinski definition) is 5. The lowest BCUT2D eigenvalue weighted by atomic mass is 10.1. The summed E-state index contributed by atoms with van der Waals surface area (Å²) in [6, 6.07) is 6.52. The van der Waals surface area contributed by atoms with Crippen LogP contribution in [0.25, 0.3) is 0 Å². The van der Waals surface area contributed by atoms with Crippen molar-refractivity contribution in [1.29, 1.82) is 0 Å². The molecular weight excluding hydrogens is 310 g/mol. The fraction of sp³-hybridized carbons (Fsp3) is 0.529. The second-order valence-electron chi connectivity index (χ2n) is 5.92. The van der Waals surface area contributed by atoms with Crippen LogP contribution in [-0.4, -0.2) is 67.3 Å². The number of amides is 1. The molecule has 1 aliphatic heterocycles. The molecule has 0 aliphatic carbocycles. The molecule has 24 heavy (non-hydrogen) atoms. The Bertz CT molecular complexity index is 559. The minimum Gasteiger partial charge on any atom is -0.480 e. The normalized spacial score (nSPS) is 16.5. The van der Waals surface area contributed by atoms with Crippen molar-refractivity contribution in [2.24, 2.45) is 0 Å². The quantitative estimate of drug-likeness (QED) is 0.648. The van der Waals surface area contributed by atoms with Crippen molar-refractivity contribution in [3.8, 4) is 0 Å². The summed E-state index contributed by atoms with van der Waals surface area (Å²) in [7, 11) is 0. The molecule has 1 heterocycles. The Morgan fingerprint density at radius 1 is 1.33 bits per heavy atom. The summed E-state index contributed by atoms with van der Waals surface area (Å²) in [4.78, 5) is 25.6. The Balaban J connectivity index is 1.77. The largest absolute Gasteiger partial charge is 0.480 e. The smallest absolute Gasteiger partial charge is 0.321 e. The number of nitrogens with one attached hydrogen (secondary N) is 2. The zero-order valence-electron chi connectivity index (χ0n) is 14.0. The minimum absolute atomic E-state index is 0.105. The fourth-order valence-electron chi connectivity index (χ4n) is 2.59. The lowest BCUT2D eigenvalue weighted by Crippen LogP contribution is -2.45. The Kier molecular flexibility index (Phi) is 7.17. The molecule has 0 spiro atoms. The fourth-order valence-corrected chi connectivity index (χ4v) is 2.59. The number of carboxylic acids is 1. The molecule has 132 valence electrons. The molecule has 1 aromatic rings. The van der Waals surface area contributed by atoms with E-state index in [1.54, 1.807) is 6.07 Å². The molecule has 7 heteroatoms. The van der Waals surface area contributed by atoms with Gasteiger partial charge in [0.1, 0.15) is 6.04 Å². The van der Waals surface area contributed by atoms with Crippen LogP contribution in [0.15, 0.2) is 24.3 Å². The molecule has 1 aromatic carbocycles. The van der Waals surface area contributed by atoms with Crippen molar-refractivity contribution >= 4 is 17.6 Å². The van der Waals surface area contributed by atoms with Crippen molar-refractivity contribution < 1.29 is 19.4 Å². The molecular formula is C17H25N3O4. The summed E-state index contributed by atoms with van der Waals surface area (Å²) in [5, 5.41) is 15.0. The van der Waals surface area contributed by atoms with E-state index in [-0.39, 0.29) is 12.3 Å². The van der Waals surface area contributed by atoms with E-state index >= 15 is 0 Å². The van der Waals surface area contributed by atoms with E-state index < -0.39 is 12.0 Å². The van der Waals surface area contributed by atoms with E-state index in [1.165, 1.54) is 0 Å². The highest BCUT2D eigenvalue weighted by Crippen LogP contribution is 2.10. The van der Waals surface area contributed by atoms with E-state index in [4.69, 9.17) is 4.74 Å². The highest BCUT2D eigenvalue weighted by atomic mass is 16.5. The van der Waals surface area contributed by atoms with Gasteiger partial charge in [0, 0.05) is 31.9 Å². The summed E-state index contributed by atoms with van der Waals surface area (Å²) in [5.41, 5.74) is 1.71. The van der Waals surface area contributed by atoms with Gasteiger partial charge in [0.2, 0.25) is 5.91 Å². The van der Waals surface area contributed by atoms with Gasteiger partial charge in [-0.15, -0.1) is 0 Å². The van der Waals surface area contributed by atoms with Crippen LogP contribution in [-0.2, 0) is 14.3 Å². The zero-order chi connectivity index (χ0) is 17.4. The summed E-state index contributed by atoms with van der Waals surface area (Å²) >= 11 is 0. The van der Waals surface area contributed by atoms with Gasteiger partial charge in [0.25, 0.3) is 0 Å². The molecule has 1 aliphatic rings. The third-order valence-electron chi connectivity index (χ3n) is 3.91. The predicted octanol–water partition coefficient (Wildman–Crippen LogP) is 0.699. The van der Waals surface area contributed by atoms with E-state index in [0.29, 0.717) is 25.4 Å². The van der Waals surface area contributed by atoms with Crippen molar-refractivity contribution in [3.63, 3.8) is 0 Å². The van der Waals surface area contributed by atoms with Gasteiger partial charge in [0.05, 0.1) is 19.6 Å². The highest BCUT2D eigenvalue weighted by molar-refractivity contribution is 5.94. The van der Waals surface area contributed by atoms with E-state index in [2.05, 4.69) is 15.5 Å². The predicted molar refractivity (Wildman–Crippen MR) is 91.1 cm³/mol. The van der Waals surface area contributed by atoms with Gasteiger partial charge in [-0.05, 0) is 24.6 Å². The molecule has 1 unspecified atom stereocenters. The molecule has 1 atom stereocenters. The SMILES string of the molecule is Cc1cccc(NC(=O)CC(NCCN2CCOCC2)C(=O)O)c1. The first kappa shape index (κ1) is 18.4. The molecule has 1 amide bonds. The van der Waals surface area contributed by atoms with Crippen molar-refractivity contribution in [3.05, 3.63) is 29.8 Å². The van der Waals surface area contributed by atoms with Crippen molar-refractivity contribution in [2.45, 2.75) is 19.4 Å². The van der Waals surface area contributed by atoms with Crippen LogP contribution in [0, 0.1) is 6.92 Å². The third-order valence-corrected chi connectivity index (χ3v) is 3.91. The molecule has 1 fully saturated rings. The van der Waals surface area contributed by atoms with Crippen molar-refractivity contribution in [2.75, 3.05) is 44.7 Å². The second-order valence-corrected chi connectivity index (χ2v) is 5.92. The van der Waals surface area contributed by atoms with Crippen LogP contribution >= 0.6 is 0 Å². The first-order valence-electron chi connectivity index (χ1n) is 8.17. The van der Waals surface area contributed by atoms with Gasteiger partial charge < -0.3 is 20.5 Å². The van der Waals surface area contributed by atoms with Gasteiger partial charge in [-0.3, -0.25) is 14.5 Å². The highest BCUT2D eigenvalue weighted by Gasteiger charge is 2.21. The Hall–Kier alpha value is -1.96. The van der Waals surface area contributed by atoms with Crippen LogP contribution in [0.2, 0.25) is 0 Å². The number of rotatable bonds is 8. The number of aryl methyl sites for hydroxylation is 1. The molecule has 0 radical (unpaired) electrons. The number of carbonyl (C=O) groups excluding carboxylic acids is 1. The number of carbonyl (C=O) groups is 2. The van der Waals surface area contributed by atoms with Gasteiger partial charge in [0.15, 0.2) is 0 Å². The number of anilines is 1. The lowest BCUT2D eigenvalue weighted by molar-refractivity contribution is -0.141. The van der Waals surface area contributed by atoms with Gasteiger partial charge in [-0.25, -0.2) is 0 Å². The maximum Gasteiger partial charge on any atom is 0.321 e. The Labute approximate surface area is 142 Å². The molecule has 3 N–H and O–H groups in total. The molecule has 0 saturated carbocycles. The number of carboxylic acid groups (broad SMARTS) is 1. The Morgan fingerprint density at radius 2 is 2.08 bits per heavy atom. The number of benzene rings is 1. The molecule has 7 nitrogen and oxygen atoms in total. The summed E-state index contributed by atoms with van der Waals surface area (Å²) in [6.07, 6.45) is -0.105. The van der Waals surface area contributed by atoms with Crippen LogP contribution < -0.4 is 10.6 Å². The van der Waals surface area contributed by atoms with Crippen LogP contribution in [0.3, 0.4) is 0 Å². The number of ether oxygens (including phenoxy) is 1.